The predicted octanol–water partition coefficient (Wildman–Crippen LogP) is 5.75. The molecule has 2 unspecified atom stereocenters. The number of ketones is 1. The van der Waals surface area contributed by atoms with Gasteiger partial charge in [0.1, 0.15) is 24.7 Å². The lowest BCUT2D eigenvalue weighted by atomic mass is 9.89. The average molecular weight is 393 g/mol. The Morgan fingerprint density at radius 3 is 2.57 bits per heavy atom. The van der Waals surface area contributed by atoms with E-state index in [0.717, 1.165) is 22.4 Å². The van der Waals surface area contributed by atoms with Gasteiger partial charge in [0.2, 0.25) is 0 Å². The highest BCUT2D eigenvalue weighted by Gasteiger charge is 2.35. The van der Waals surface area contributed by atoms with Crippen molar-refractivity contribution in [1.29, 1.82) is 0 Å². The van der Waals surface area contributed by atoms with Crippen LogP contribution in [0.2, 0.25) is 0 Å². The van der Waals surface area contributed by atoms with Crippen LogP contribution in [0.4, 0.5) is 0 Å². The van der Waals surface area contributed by atoms with Gasteiger partial charge in [-0.2, -0.15) is 0 Å². The smallest absolute Gasteiger partial charge is 0.171 e. The van der Waals surface area contributed by atoms with Crippen LogP contribution in [-0.2, 0) is 6.61 Å². The van der Waals surface area contributed by atoms with Crippen molar-refractivity contribution in [2.75, 3.05) is 6.61 Å². The molecular weight excluding hydrogens is 372 g/mol. The second-order valence-corrected chi connectivity index (χ2v) is 7.49. The van der Waals surface area contributed by atoms with E-state index in [1.807, 2.05) is 79.7 Å². The van der Waals surface area contributed by atoms with Crippen molar-refractivity contribution in [3.8, 4) is 11.5 Å². The van der Waals surface area contributed by atoms with Crippen molar-refractivity contribution in [3.05, 3.63) is 95.1 Å². The van der Waals surface area contributed by atoms with Crippen LogP contribution in [0.5, 0.6) is 11.5 Å². The lowest BCUT2D eigenvalue weighted by Crippen LogP contribution is -2.30. The minimum Gasteiger partial charge on any atom is -0.492 e. The van der Waals surface area contributed by atoms with Gasteiger partial charge in [0.05, 0.1) is 11.3 Å². The van der Waals surface area contributed by atoms with Crippen LogP contribution >= 0.6 is 11.6 Å². The fourth-order valence-corrected chi connectivity index (χ4v) is 3.69. The zero-order valence-corrected chi connectivity index (χ0v) is 16.4. The van der Waals surface area contributed by atoms with Crippen molar-refractivity contribution in [2.45, 2.75) is 18.9 Å². The van der Waals surface area contributed by atoms with Gasteiger partial charge in [-0.3, -0.25) is 4.79 Å². The van der Waals surface area contributed by atoms with Gasteiger partial charge in [-0.1, -0.05) is 66.2 Å². The monoisotopic (exact) mass is 392 g/mol. The Labute approximate surface area is 169 Å². The summed E-state index contributed by atoms with van der Waals surface area (Å²) in [5.41, 5.74) is 3.70. The summed E-state index contributed by atoms with van der Waals surface area (Å²) in [6.45, 7) is 2.74. The van der Waals surface area contributed by atoms with E-state index in [2.05, 4.69) is 0 Å². The normalized spacial score (nSPS) is 18.1. The average Bonchev–Trinajstić information content (AvgIpc) is 2.73. The number of ether oxygens (including phenoxy) is 2. The molecule has 0 fully saturated rings. The quantitative estimate of drug-likeness (QED) is 0.410. The molecule has 0 bridgehead atoms. The van der Waals surface area contributed by atoms with Crippen LogP contribution in [0.3, 0.4) is 0 Å². The van der Waals surface area contributed by atoms with E-state index >= 15 is 0 Å². The topological polar surface area (TPSA) is 35.5 Å². The maximum Gasteiger partial charge on any atom is 0.171 e. The lowest BCUT2D eigenvalue weighted by Gasteiger charge is -2.29. The SMILES string of the molecule is Cc1ccc(C(=O)C2COc3cc(OCc4ccccc4)ccc3C2Cl)cc1. The first-order valence-electron chi connectivity index (χ1n) is 9.30. The van der Waals surface area contributed by atoms with E-state index in [9.17, 15) is 4.79 Å². The minimum absolute atomic E-state index is 0.00931. The molecule has 3 nitrogen and oxygen atoms in total. The molecule has 3 aromatic carbocycles. The molecule has 0 N–H and O–H groups in total. The number of hydrogen-bond acceptors (Lipinski definition) is 3. The fraction of sp³-hybridized carbons (Fsp3) is 0.208. The number of carbonyl (C=O) groups is 1. The van der Waals surface area contributed by atoms with Gasteiger partial charge in [-0.05, 0) is 18.6 Å². The van der Waals surface area contributed by atoms with Crippen LogP contribution in [-0.4, -0.2) is 12.4 Å². The Morgan fingerprint density at radius 1 is 1.07 bits per heavy atom. The second kappa shape index (κ2) is 8.07. The molecule has 4 rings (SSSR count). The van der Waals surface area contributed by atoms with Crippen LogP contribution in [0.15, 0.2) is 72.8 Å². The molecule has 1 aliphatic rings. The van der Waals surface area contributed by atoms with Crippen LogP contribution in [0.1, 0.15) is 32.4 Å². The molecule has 4 heteroatoms. The zero-order valence-electron chi connectivity index (χ0n) is 15.6. The van der Waals surface area contributed by atoms with E-state index in [4.69, 9.17) is 21.1 Å². The number of alkyl halides is 1. The molecule has 0 aromatic heterocycles. The summed E-state index contributed by atoms with van der Waals surface area (Å²) in [4.78, 5) is 12.9. The molecule has 28 heavy (non-hydrogen) atoms. The molecule has 1 aliphatic heterocycles. The summed E-state index contributed by atoms with van der Waals surface area (Å²) in [6, 6.07) is 23.2. The fourth-order valence-electron chi connectivity index (χ4n) is 3.32. The number of fused-ring (bicyclic) bond motifs is 1. The van der Waals surface area contributed by atoms with E-state index < -0.39 is 11.3 Å². The van der Waals surface area contributed by atoms with Gasteiger partial charge in [0, 0.05) is 17.2 Å². The van der Waals surface area contributed by atoms with E-state index in [1.54, 1.807) is 0 Å². The summed E-state index contributed by atoms with van der Waals surface area (Å²) in [5.74, 6) is 0.997. The minimum atomic E-state index is -0.430. The second-order valence-electron chi connectivity index (χ2n) is 7.02. The third-order valence-corrected chi connectivity index (χ3v) is 5.51. The summed E-state index contributed by atoms with van der Waals surface area (Å²) in [6.07, 6.45) is 0. The number of Topliss-reactive ketones (excluding diaryl/α,β-unsaturated/α-hetero) is 1. The number of rotatable bonds is 5. The molecule has 0 aliphatic carbocycles. The van der Waals surface area contributed by atoms with E-state index in [1.165, 1.54) is 0 Å². The third kappa shape index (κ3) is 3.90. The van der Waals surface area contributed by atoms with Gasteiger partial charge >= 0.3 is 0 Å². The molecule has 0 saturated carbocycles. The van der Waals surface area contributed by atoms with Gasteiger partial charge < -0.3 is 9.47 Å². The number of carbonyl (C=O) groups excluding carboxylic acids is 1. The largest absolute Gasteiger partial charge is 0.492 e. The first-order chi connectivity index (χ1) is 13.6. The molecule has 0 amide bonds. The highest BCUT2D eigenvalue weighted by atomic mass is 35.5. The number of aryl methyl sites for hydroxylation is 1. The maximum atomic E-state index is 12.9. The Hall–Kier alpha value is -2.78. The molecule has 1 heterocycles. The van der Waals surface area contributed by atoms with Gasteiger partial charge in [-0.25, -0.2) is 0 Å². The Balaban J connectivity index is 1.48. The standard InChI is InChI=1S/C24H21ClO3/c1-16-7-9-18(10-8-16)24(26)21-15-28-22-13-19(11-12-20(22)23(21)25)27-14-17-5-3-2-4-6-17/h2-13,21,23H,14-15H2,1H3. The molecule has 3 aromatic rings. The van der Waals surface area contributed by atoms with Crippen LogP contribution < -0.4 is 9.47 Å². The Morgan fingerprint density at radius 2 is 1.82 bits per heavy atom. The Kier molecular flexibility index (Phi) is 5.36. The first kappa shape index (κ1) is 18.6. The molecular formula is C24H21ClO3. The van der Waals surface area contributed by atoms with E-state index in [0.29, 0.717) is 17.9 Å². The van der Waals surface area contributed by atoms with Crippen molar-refractivity contribution in [2.24, 2.45) is 5.92 Å². The molecule has 142 valence electrons. The van der Waals surface area contributed by atoms with Crippen molar-refractivity contribution >= 4 is 17.4 Å². The van der Waals surface area contributed by atoms with Crippen molar-refractivity contribution in [3.63, 3.8) is 0 Å². The van der Waals surface area contributed by atoms with E-state index in [-0.39, 0.29) is 12.4 Å². The van der Waals surface area contributed by atoms with Gasteiger partial charge in [0.25, 0.3) is 0 Å². The van der Waals surface area contributed by atoms with Crippen molar-refractivity contribution < 1.29 is 14.3 Å². The maximum absolute atomic E-state index is 12.9. The van der Waals surface area contributed by atoms with Gasteiger partial charge in [-0.15, -0.1) is 11.6 Å². The summed E-state index contributed by atoms with van der Waals surface area (Å²) in [7, 11) is 0. The first-order valence-corrected chi connectivity index (χ1v) is 9.74. The highest BCUT2D eigenvalue weighted by molar-refractivity contribution is 6.23. The predicted molar refractivity (Wildman–Crippen MR) is 110 cm³/mol. The summed E-state index contributed by atoms with van der Waals surface area (Å²) >= 11 is 6.67. The molecule has 2 atom stereocenters. The third-order valence-electron chi connectivity index (χ3n) is 4.97. The Bertz CT molecular complexity index is 967. The highest BCUT2D eigenvalue weighted by Crippen LogP contribution is 2.42. The molecule has 0 spiro atoms. The summed E-state index contributed by atoms with van der Waals surface area (Å²) in [5, 5.41) is -0.430. The lowest BCUT2D eigenvalue weighted by molar-refractivity contribution is 0.0849. The molecule has 0 radical (unpaired) electrons. The van der Waals surface area contributed by atoms with Crippen LogP contribution in [0, 0.1) is 12.8 Å². The number of hydrogen-bond donors (Lipinski definition) is 0. The zero-order chi connectivity index (χ0) is 19.5. The van der Waals surface area contributed by atoms with Crippen molar-refractivity contribution in [1.82, 2.24) is 0 Å². The van der Waals surface area contributed by atoms with Crippen LogP contribution in [0.25, 0.3) is 0 Å². The number of benzene rings is 3. The van der Waals surface area contributed by atoms with Gasteiger partial charge in [0.15, 0.2) is 5.78 Å². The summed E-state index contributed by atoms with van der Waals surface area (Å²) < 4.78 is 11.7. The molecule has 0 saturated heterocycles. The number of halogens is 1.